The number of carbonyl (C=O) groups is 1. The molecule has 8 heteroatoms. The number of hydrazine groups is 1. The Labute approximate surface area is 202 Å². The van der Waals surface area contributed by atoms with Gasteiger partial charge in [0.05, 0.1) is 6.20 Å². The molecule has 1 unspecified atom stereocenters. The van der Waals surface area contributed by atoms with Gasteiger partial charge in [-0.1, -0.05) is 43.3 Å². The molecule has 2 aromatic carbocycles. The van der Waals surface area contributed by atoms with Gasteiger partial charge in [-0.3, -0.25) is 4.79 Å². The number of aliphatic carboxylic acids is 1. The summed E-state index contributed by atoms with van der Waals surface area (Å²) < 4.78 is 33.3. The van der Waals surface area contributed by atoms with E-state index in [1.807, 2.05) is 44.2 Å². The molecular weight excluding hydrogens is 454 g/mol. The number of benzene rings is 2. The normalized spacial score (nSPS) is 13.9. The molecule has 0 amide bonds. The zero-order valence-corrected chi connectivity index (χ0v) is 19.4. The van der Waals surface area contributed by atoms with E-state index in [1.165, 1.54) is 17.5 Å². The van der Waals surface area contributed by atoms with Crippen LogP contribution in [-0.2, 0) is 28.9 Å². The van der Waals surface area contributed by atoms with Crippen molar-refractivity contribution in [1.82, 2.24) is 10.6 Å². The van der Waals surface area contributed by atoms with E-state index in [0.29, 0.717) is 5.76 Å². The van der Waals surface area contributed by atoms with Crippen LogP contribution < -0.4 is 5.43 Å². The number of halogens is 2. The van der Waals surface area contributed by atoms with Crippen LogP contribution in [0.25, 0.3) is 5.57 Å². The topological polar surface area (TPSA) is 74.9 Å². The lowest BCUT2D eigenvalue weighted by Crippen LogP contribution is -2.47. The fourth-order valence-electron chi connectivity index (χ4n) is 3.92. The second kappa shape index (κ2) is 10.6. The summed E-state index contributed by atoms with van der Waals surface area (Å²) in [5.41, 5.74) is 6.52. The van der Waals surface area contributed by atoms with Gasteiger partial charge in [0.15, 0.2) is 11.6 Å². The highest BCUT2D eigenvalue weighted by Gasteiger charge is 2.23. The lowest BCUT2D eigenvalue weighted by Gasteiger charge is -2.26. The Bertz CT molecular complexity index is 1280. The average Bonchev–Trinajstić information content (AvgIpc) is 3.21. The molecule has 182 valence electrons. The first-order chi connectivity index (χ1) is 16.8. The van der Waals surface area contributed by atoms with Crippen molar-refractivity contribution in [3.63, 3.8) is 0 Å². The van der Waals surface area contributed by atoms with Gasteiger partial charge in [0.2, 0.25) is 0 Å². The molecule has 1 atom stereocenters. The molecular formula is C27H26F2N2O4. The van der Waals surface area contributed by atoms with Crippen LogP contribution >= 0.6 is 0 Å². The van der Waals surface area contributed by atoms with Crippen molar-refractivity contribution in [2.45, 2.75) is 39.2 Å². The zero-order valence-electron chi connectivity index (χ0n) is 19.4. The second-order valence-electron chi connectivity index (χ2n) is 8.28. The fourth-order valence-corrected chi connectivity index (χ4v) is 3.92. The summed E-state index contributed by atoms with van der Waals surface area (Å²) in [6, 6.07) is 12.5. The van der Waals surface area contributed by atoms with Crippen LogP contribution in [0, 0.1) is 18.6 Å². The Morgan fingerprint density at radius 1 is 1.14 bits per heavy atom. The summed E-state index contributed by atoms with van der Waals surface area (Å²) in [5.74, 6) is -1.38. The van der Waals surface area contributed by atoms with Crippen molar-refractivity contribution in [1.29, 1.82) is 0 Å². The summed E-state index contributed by atoms with van der Waals surface area (Å²) in [6.45, 7) is 3.87. The highest BCUT2D eigenvalue weighted by molar-refractivity contribution is 5.75. The first-order valence-corrected chi connectivity index (χ1v) is 11.3. The van der Waals surface area contributed by atoms with E-state index in [2.05, 4.69) is 5.43 Å². The number of rotatable bonds is 9. The molecule has 0 fully saturated rings. The van der Waals surface area contributed by atoms with Gasteiger partial charge in [0.1, 0.15) is 23.8 Å². The van der Waals surface area contributed by atoms with Crippen LogP contribution in [0.5, 0.6) is 0 Å². The lowest BCUT2D eigenvalue weighted by atomic mass is 9.99. The van der Waals surface area contributed by atoms with Crippen molar-refractivity contribution in [2.75, 3.05) is 0 Å². The number of aryl methyl sites for hydroxylation is 2. The smallest absolute Gasteiger partial charge is 0.323 e. The van der Waals surface area contributed by atoms with Crippen LogP contribution in [-0.4, -0.2) is 22.3 Å². The zero-order chi connectivity index (χ0) is 24.9. The number of allylic oxidation sites excluding steroid dienone is 2. The highest BCUT2D eigenvalue weighted by Crippen LogP contribution is 2.23. The second-order valence-corrected chi connectivity index (χ2v) is 8.28. The molecule has 0 aliphatic carbocycles. The van der Waals surface area contributed by atoms with Gasteiger partial charge in [-0.2, -0.15) is 5.43 Å². The Hall–Kier alpha value is -3.91. The number of hydroxylamine groups is 1. The number of nitrogens with one attached hydrogen (secondary N) is 1. The van der Waals surface area contributed by atoms with E-state index < -0.39 is 23.6 Å². The molecule has 1 aromatic heterocycles. The number of nitrogens with zero attached hydrogens (tertiary/aromatic N) is 1. The summed E-state index contributed by atoms with van der Waals surface area (Å²) in [5, 5.41) is 10.9. The van der Waals surface area contributed by atoms with E-state index in [9.17, 15) is 18.7 Å². The molecule has 4 rings (SSSR count). The standard InChI is InChI=1S/C27H26F2N2O4/c1-3-19-14-23(35-17(19)2)15-25(27(32)33)30-31-11-10-22(16-34-31)20-7-4-6-18(12-20)13-21-8-5-9-24(28)26(21)29/h4-12,14,16,25,30H,3,13,15H2,1-2H3,(H,32,33). The molecule has 0 spiro atoms. The van der Waals surface area contributed by atoms with Crippen molar-refractivity contribution in [3.05, 3.63) is 112 Å². The molecule has 3 aromatic rings. The third-order valence-corrected chi connectivity index (χ3v) is 5.81. The quantitative estimate of drug-likeness (QED) is 0.432. The van der Waals surface area contributed by atoms with Crippen LogP contribution in [0.3, 0.4) is 0 Å². The maximum Gasteiger partial charge on any atom is 0.323 e. The Morgan fingerprint density at radius 3 is 2.63 bits per heavy atom. The Balaban J connectivity index is 1.41. The van der Waals surface area contributed by atoms with E-state index in [1.54, 1.807) is 18.3 Å². The van der Waals surface area contributed by atoms with Crippen molar-refractivity contribution in [3.8, 4) is 0 Å². The van der Waals surface area contributed by atoms with Crippen molar-refractivity contribution < 1.29 is 27.9 Å². The molecule has 1 aliphatic heterocycles. The van der Waals surface area contributed by atoms with Crippen LogP contribution in [0.1, 0.15) is 40.7 Å². The molecule has 2 heterocycles. The fraction of sp³-hybridized carbons (Fsp3) is 0.222. The maximum absolute atomic E-state index is 14.0. The Morgan fingerprint density at radius 2 is 1.94 bits per heavy atom. The number of hydrogen-bond acceptors (Lipinski definition) is 5. The van der Waals surface area contributed by atoms with E-state index in [4.69, 9.17) is 9.25 Å². The monoisotopic (exact) mass is 480 g/mol. The Kier molecular flexibility index (Phi) is 7.31. The number of carboxylic acid groups (broad SMARTS) is 1. The predicted molar refractivity (Wildman–Crippen MR) is 127 cm³/mol. The van der Waals surface area contributed by atoms with Crippen molar-refractivity contribution >= 4 is 11.5 Å². The molecule has 0 bridgehead atoms. The first kappa shape index (κ1) is 24.2. The summed E-state index contributed by atoms with van der Waals surface area (Å²) >= 11 is 0. The maximum atomic E-state index is 14.0. The summed E-state index contributed by atoms with van der Waals surface area (Å²) in [6.07, 6.45) is 6.04. The van der Waals surface area contributed by atoms with Gasteiger partial charge in [0.25, 0.3) is 0 Å². The van der Waals surface area contributed by atoms with Crippen LogP contribution in [0.15, 0.2) is 71.5 Å². The van der Waals surface area contributed by atoms with Gasteiger partial charge in [0, 0.05) is 18.4 Å². The molecule has 0 saturated carbocycles. The largest absolute Gasteiger partial charge is 0.480 e. The number of carboxylic acids is 1. The minimum absolute atomic E-state index is 0.152. The van der Waals surface area contributed by atoms with Gasteiger partial charge >= 0.3 is 5.97 Å². The van der Waals surface area contributed by atoms with Gasteiger partial charge in [-0.05, 0) is 53.8 Å². The summed E-state index contributed by atoms with van der Waals surface area (Å²) in [4.78, 5) is 17.4. The van der Waals surface area contributed by atoms with Gasteiger partial charge in [-0.25, -0.2) is 8.78 Å². The minimum Gasteiger partial charge on any atom is -0.480 e. The first-order valence-electron chi connectivity index (χ1n) is 11.3. The molecule has 2 N–H and O–H groups in total. The third kappa shape index (κ3) is 5.78. The van der Waals surface area contributed by atoms with E-state index in [0.717, 1.165) is 40.5 Å². The van der Waals surface area contributed by atoms with Gasteiger partial charge in [-0.15, -0.1) is 5.17 Å². The molecule has 6 nitrogen and oxygen atoms in total. The van der Waals surface area contributed by atoms with Crippen LogP contribution in [0.4, 0.5) is 8.78 Å². The SMILES string of the molecule is CCc1cc(CC(NN2C=CC(c3cccc(Cc4cccc(F)c4F)c3)=CO2)C(=O)O)oc1C. The average molecular weight is 481 g/mol. The summed E-state index contributed by atoms with van der Waals surface area (Å²) in [7, 11) is 0. The third-order valence-electron chi connectivity index (χ3n) is 5.81. The molecule has 0 radical (unpaired) electrons. The van der Waals surface area contributed by atoms with E-state index >= 15 is 0 Å². The van der Waals surface area contributed by atoms with Gasteiger partial charge < -0.3 is 14.4 Å². The highest BCUT2D eigenvalue weighted by atomic mass is 19.2. The lowest BCUT2D eigenvalue weighted by molar-refractivity contribution is -0.152. The van der Waals surface area contributed by atoms with Crippen molar-refractivity contribution in [2.24, 2.45) is 0 Å². The number of furan rings is 1. The predicted octanol–water partition coefficient (Wildman–Crippen LogP) is 5.32. The van der Waals surface area contributed by atoms with E-state index in [-0.39, 0.29) is 18.4 Å². The van der Waals surface area contributed by atoms with Crippen LogP contribution in [0.2, 0.25) is 0 Å². The minimum atomic E-state index is -1.04. The molecule has 0 saturated heterocycles. The molecule has 35 heavy (non-hydrogen) atoms. The molecule has 1 aliphatic rings. The number of hydrogen-bond donors (Lipinski definition) is 2.